The Kier molecular flexibility index (Phi) is 6.99. The van der Waals surface area contributed by atoms with Crippen LogP contribution in [0.5, 0.6) is 0 Å². The lowest BCUT2D eigenvalue weighted by molar-refractivity contribution is -0.114. The number of H-pyrrole nitrogens is 1. The molecule has 164 valence electrons. The lowest BCUT2D eigenvalue weighted by Gasteiger charge is -2.16. The van der Waals surface area contributed by atoms with E-state index in [9.17, 15) is 17.8 Å². The van der Waals surface area contributed by atoms with E-state index in [0.717, 1.165) is 0 Å². The van der Waals surface area contributed by atoms with Crippen molar-refractivity contribution >= 4 is 32.8 Å². The number of carbonyl (C=O) groups is 1. The maximum atomic E-state index is 12.7. The molecule has 12 nitrogen and oxygen atoms in total. The van der Waals surface area contributed by atoms with Gasteiger partial charge in [0.2, 0.25) is 16.6 Å². The van der Waals surface area contributed by atoms with Crippen LogP contribution in [-0.4, -0.2) is 58.3 Å². The largest absolute Gasteiger partial charge is 0.593 e. The van der Waals surface area contributed by atoms with Gasteiger partial charge < -0.3 is 21.3 Å². The molecule has 0 aliphatic rings. The van der Waals surface area contributed by atoms with Crippen LogP contribution in [0.1, 0.15) is 0 Å². The van der Waals surface area contributed by atoms with E-state index in [1.807, 2.05) is 0 Å². The molecular formula is C17H20N8O4S2. The lowest BCUT2D eigenvalue weighted by atomic mass is 9.98. The fourth-order valence-corrected chi connectivity index (χ4v) is 5.47. The highest BCUT2D eigenvalue weighted by atomic mass is 32.2. The Balaban J connectivity index is 2.29. The normalized spacial score (nSPS) is 12.5. The van der Waals surface area contributed by atoms with Gasteiger partial charge >= 0.3 is 0 Å². The standard InChI is InChI=1S/C17H20N8O4S2/c18-6-7-31(28,29)13-5-4-12(10-2-1-3-11(8-10)21-14(26)9-19)15(16(13)30(20)27)17-22-24-25-23-17/h1-5,8H,6-7,9,18-20H2,(H,21,26)(H,22,23,24,25). The van der Waals surface area contributed by atoms with Crippen molar-refractivity contribution in [3.63, 3.8) is 0 Å². The van der Waals surface area contributed by atoms with Crippen LogP contribution < -0.4 is 21.9 Å². The van der Waals surface area contributed by atoms with Gasteiger partial charge in [0.15, 0.2) is 9.84 Å². The molecule has 0 spiro atoms. The maximum absolute atomic E-state index is 12.7. The van der Waals surface area contributed by atoms with Crippen molar-refractivity contribution in [1.82, 2.24) is 20.6 Å². The highest BCUT2D eigenvalue weighted by Crippen LogP contribution is 2.39. The highest BCUT2D eigenvalue weighted by molar-refractivity contribution is 7.93. The Hall–Kier alpha value is -2.88. The van der Waals surface area contributed by atoms with Gasteiger partial charge in [0, 0.05) is 12.2 Å². The van der Waals surface area contributed by atoms with E-state index in [1.165, 1.54) is 12.1 Å². The van der Waals surface area contributed by atoms with Crippen molar-refractivity contribution in [2.24, 2.45) is 16.6 Å². The number of nitrogens with one attached hydrogen (secondary N) is 2. The molecule has 0 bridgehead atoms. The molecule has 0 saturated carbocycles. The van der Waals surface area contributed by atoms with Gasteiger partial charge in [-0.2, -0.15) is 5.21 Å². The molecule has 0 aliphatic heterocycles. The third kappa shape index (κ3) is 4.90. The third-order valence-electron chi connectivity index (χ3n) is 4.26. The number of rotatable bonds is 8. The number of aromatic amines is 1. The molecular weight excluding hydrogens is 444 g/mol. The molecule has 1 heterocycles. The summed E-state index contributed by atoms with van der Waals surface area (Å²) in [6.07, 6.45) is 0. The average Bonchev–Trinajstić information content (AvgIpc) is 3.27. The van der Waals surface area contributed by atoms with Gasteiger partial charge in [-0.05, 0) is 34.5 Å². The second-order valence-corrected chi connectivity index (χ2v) is 9.37. The van der Waals surface area contributed by atoms with E-state index in [0.29, 0.717) is 16.8 Å². The van der Waals surface area contributed by atoms with E-state index in [4.69, 9.17) is 16.6 Å². The van der Waals surface area contributed by atoms with Crippen molar-refractivity contribution in [1.29, 1.82) is 0 Å². The quantitative estimate of drug-likeness (QED) is 0.260. The fourth-order valence-electron chi connectivity index (χ4n) is 2.98. The van der Waals surface area contributed by atoms with Crippen LogP contribution in [0.4, 0.5) is 5.69 Å². The smallest absolute Gasteiger partial charge is 0.238 e. The van der Waals surface area contributed by atoms with Gasteiger partial charge in [0.1, 0.15) is 4.90 Å². The minimum atomic E-state index is -3.88. The molecule has 14 heteroatoms. The summed E-state index contributed by atoms with van der Waals surface area (Å²) in [6.45, 7) is -0.316. The molecule has 1 aromatic heterocycles. The highest BCUT2D eigenvalue weighted by Gasteiger charge is 2.32. The molecule has 0 fully saturated rings. The summed E-state index contributed by atoms with van der Waals surface area (Å²) >= 11 is -2.21. The summed E-state index contributed by atoms with van der Waals surface area (Å²) in [7, 11) is -3.88. The number of benzene rings is 2. The van der Waals surface area contributed by atoms with Gasteiger partial charge in [0.05, 0.1) is 29.2 Å². The Morgan fingerprint density at radius 1 is 1.23 bits per heavy atom. The van der Waals surface area contributed by atoms with Crippen LogP contribution in [0.2, 0.25) is 0 Å². The van der Waals surface area contributed by atoms with E-state index < -0.39 is 21.2 Å². The zero-order chi connectivity index (χ0) is 22.6. The van der Waals surface area contributed by atoms with Crippen LogP contribution in [-0.2, 0) is 26.0 Å². The Bertz CT molecular complexity index is 1180. The first kappa shape index (κ1) is 22.8. The number of nitrogens with zero attached hydrogens (tertiary/aromatic N) is 3. The topological polar surface area (TPSA) is 219 Å². The SMILES string of the molecule is NCCS(=O)(=O)c1ccc(-c2cccc(NC(=O)CN)c2)c(-c2nn[nH]n2)c1[S+](N)[O-]. The van der Waals surface area contributed by atoms with Gasteiger partial charge in [0.25, 0.3) is 0 Å². The van der Waals surface area contributed by atoms with Gasteiger partial charge in [-0.3, -0.25) is 4.79 Å². The van der Waals surface area contributed by atoms with Crippen LogP contribution in [0, 0.1) is 0 Å². The Morgan fingerprint density at radius 2 is 2.00 bits per heavy atom. The first-order chi connectivity index (χ1) is 14.8. The monoisotopic (exact) mass is 464 g/mol. The molecule has 31 heavy (non-hydrogen) atoms. The number of amides is 1. The maximum Gasteiger partial charge on any atom is 0.238 e. The zero-order valence-corrected chi connectivity index (χ0v) is 17.7. The Morgan fingerprint density at radius 3 is 2.61 bits per heavy atom. The van der Waals surface area contributed by atoms with E-state index in [-0.39, 0.29) is 45.9 Å². The minimum absolute atomic E-state index is 0.00463. The van der Waals surface area contributed by atoms with Crippen LogP contribution in [0.3, 0.4) is 0 Å². The number of tetrazole rings is 1. The van der Waals surface area contributed by atoms with Crippen molar-refractivity contribution in [3.05, 3.63) is 36.4 Å². The number of anilines is 1. The summed E-state index contributed by atoms with van der Waals surface area (Å²) < 4.78 is 38.0. The summed E-state index contributed by atoms with van der Waals surface area (Å²) in [5.41, 5.74) is 12.4. The summed E-state index contributed by atoms with van der Waals surface area (Å²) in [4.78, 5) is 11.3. The fraction of sp³-hybridized carbons (Fsp3) is 0.176. The van der Waals surface area contributed by atoms with Crippen molar-refractivity contribution in [2.45, 2.75) is 9.79 Å². The van der Waals surface area contributed by atoms with Crippen molar-refractivity contribution in [2.75, 3.05) is 24.2 Å². The molecule has 0 saturated heterocycles. The van der Waals surface area contributed by atoms with Gasteiger partial charge in [-0.25, -0.2) is 8.42 Å². The van der Waals surface area contributed by atoms with E-state index in [1.54, 1.807) is 24.3 Å². The molecule has 8 N–H and O–H groups in total. The van der Waals surface area contributed by atoms with Gasteiger partial charge in [-0.1, -0.05) is 18.2 Å². The predicted molar refractivity (Wildman–Crippen MR) is 114 cm³/mol. The van der Waals surface area contributed by atoms with Crippen LogP contribution in [0.25, 0.3) is 22.5 Å². The number of carbonyl (C=O) groups excluding carboxylic acids is 1. The van der Waals surface area contributed by atoms with Gasteiger partial charge in [-0.15, -0.1) is 15.3 Å². The molecule has 1 atom stereocenters. The molecule has 2 aromatic carbocycles. The van der Waals surface area contributed by atoms with Crippen molar-refractivity contribution in [3.8, 4) is 22.5 Å². The third-order valence-corrected chi connectivity index (χ3v) is 7.00. The molecule has 3 aromatic rings. The van der Waals surface area contributed by atoms with E-state index in [2.05, 4.69) is 25.9 Å². The Labute approximate surface area is 180 Å². The molecule has 3 rings (SSSR count). The summed E-state index contributed by atoms with van der Waals surface area (Å²) in [6, 6.07) is 9.54. The number of hydrogen-bond acceptors (Lipinski definition) is 10. The molecule has 0 aliphatic carbocycles. The summed E-state index contributed by atoms with van der Waals surface area (Å²) in [5, 5.41) is 22.0. The van der Waals surface area contributed by atoms with Crippen LogP contribution >= 0.6 is 0 Å². The first-order valence-corrected chi connectivity index (χ1v) is 11.7. The summed E-state index contributed by atoms with van der Waals surface area (Å²) in [5.74, 6) is -0.740. The predicted octanol–water partition coefficient (Wildman–Crippen LogP) is -0.855. The number of sulfone groups is 1. The van der Waals surface area contributed by atoms with Crippen LogP contribution in [0.15, 0.2) is 46.2 Å². The minimum Gasteiger partial charge on any atom is -0.593 e. The second kappa shape index (κ2) is 9.51. The lowest BCUT2D eigenvalue weighted by Crippen LogP contribution is -2.22. The van der Waals surface area contributed by atoms with E-state index >= 15 is 0 Å². The zero-order valence-electron chi connectivity index (χ0n) is 16.1. The number of aromatic nitrogens is 4. The molecule has 1 unspecified atom stereocenters. The number of nitrogens with two attached hydrogens (primary N) is 3. The second-order valence-electron chi connectivity index (χ2n) is 6.29. The number of hydrogen-bond donors (Lipinski definition) is 5. The first-order valence-electron chi connectivity index (χ1n) is 8.88. The molecule has 1 amide bonds. The average molecular weight is 465 g/mol. The molecule has 0 radical (unpaired) electrons. The van der Waals surface area contributed by atoms with Crippen molar-refractivity contribution < 1.29 is 17.8 Å².